The van der Waals surface area contributed by atoms with Crippen LogP contribution in [0.3, 0.4) is 0 Å². The quantitative estimate of drug-likeness (QED) is 0.839. The number of methoxy groups -OCH3 is 1. The summed E-state index contributed by atoms with van der Waals surface area (Å²) in [4.78, 5) is 11.7. The smallest absolute Gasteiger partial charge is 0.339 e. The molecule has 19 heavy (non-hydrogen) atoms. The van der Waals surface area contributed by atoms with Crippen molar-refractivity contribution in [2.45, 2.75) is 20.0 Å². The molecule has 1 N–H and O–H groups in total. The number of anilines is 1. The van der Waals surface area contributed by atoms with Crippen molar-refractivity contribution >= 4 is 11.7 Å². The second-order valence-corrected chi connectivity index (χ2v) is 4.18. The van der Waals surface area contributed by atoms with Crippen LogP contribution >= 0.6 is 0 Å². The Kier molecular flexibility index (Phi) is 4.23. The summed E-state index contributed by atoms with van der Waals surface area (Å²) in [5.41, 5.74) is 2.53. The van der Waals surface area contributed by atoms with E-state index in [9.17, 15) is 4.79 Å². The van der Waals surface area contributed by atoms with E-state index in [-0.39, 0.29) is 5.97 Å². The van der Waals surface area contributed by atoms with E-state index in [1.807, 2.05) is 30.5 Å². The summed E-state index contributed by atoms with van der Waals surface area (Å²) >= 11 is 0. The van der Waals surface area contributed by atoms with Crippen LogP contribution in [-0.2, 0) is 17.8 Å². The van der Waals surface area contributed by atoms with Crippen LogP contribution in [0.1, 0.15) is 23.0 Å². The van der Waals surface area contributed by atoms with E-state index >= 15 is 0 Å². The monoisotopic (exact) mass is 258 g/mol. The zero-order chi connectivity index (χ0) is 13.7. The van der Waals surface area contributed by atoms with E-state index in [4.69, 9.17) is 4.74 Å². The van der Waals surface area contributed by atoms with Gasteiger partial charge in [0.25, 0.3) is 0 Å². The molecule has 1 aromatic carbocycles. The molecule has 0 saturated heterocycles. The van der Waals surface area contributed by atoms with Crippen LogP contribution in [0.2, 0.25) is 0 Å². The highest BCUT2D eigenvalue weighted by atomic mass is 16.5. The third kappa shape index (κ3) is 2.96. The first-order valence-electron chi connectivity index (χ1n) is 6.31. The van der Waals surface area contributed by atoms with Gasteiger partial charge < -0.3 is 14.6 Å². The van der Waals surface area contributed by atoms with Gasteiger partial charge in [0.1, 0.15) is 0 Å². The molecule has 0 radical (unpaired) electrons. The molecule has 0 amide bonds. The van der Waals surface area contributed by atoms with Gasteiger partial charge in [-0.1, -0.05) is 12.1 Å². The Morgan fingerprint density at radius 2 is 2.05 bits per heavy atom. The lowest BCUT2D eigenvalue weighted by molar-refractivity contribution is 0.0602. The zero-order valence-electron chi connectivity index (χ0n) is 11.2. The van der Waals surface area contributed by atoms with Gasteiger partial charge in [0.05, 0.1) is 19.2 Å². The summed E-state index contributed by atoms with van der Waals surface area (Å²) in [7, 11) is 1.39. The fourth-order valence-corrected chi connectivity index (χ4v) is 2.03. The molecule has 2 aromatic rings. The second kappa shape index (κ2) is 6.09. The van der Waals surface area contributed by atoms with E-state index < -0.39 is 0 Å². The van der Waals surface area contributed by atoms with Crippen LogP contribution < -0.4 is 5.32 Å². The Hall–Kier alpha value is -2.23. The van der Waals surface area contributed by atoms with Crippen molar-refractivity contribution in [2.75, 3.05) is 12.4 Å². The number of benzene rings is 1. The maximum Gasteiger partial charge on any atom is 0.339 e. The van der Waals surface area contributed by atoms with Crippen LogP contribution in [0.4, 0.5) is 5.69 Å². The number of nitrogens with zero attached hydrogens (tertiary/aromatic N) is 1. The molecule has 1 heterocycles. The van der Waals surface area contributed by atoms with Crippen LogP contribution in [0.25, 0.3) is 0 Å². The molecule has 0 atom stereocenters. The number of rotatable bonds is 5. The average Bonchev–Trinajstić information content (AvgIpc) is 2.92. The van der Waals surface area contributed by atoms with Crippen LogP contribution in [0.5, 0.6) is 0 Å². The van der Waals surface area contributed by atoms with Gasteiger partial charge in [0, 0.05) is 24.1 Å². The van der Waals surface area contributed by atoms with Crippen molar-refractivity contribution in [1.29, 1.82) is 0 Å². The minimum Gasteiger partial charge on any atom is -0.465 e. The number of carbonyl (C=O) groups excluding carboxylic acids is 1. The molecular formula is C15H18N2O2. The van der Waals surface area contributed by atoms with Crippen molar-refractivity contribution in [2.24, 2.45) is 0 Å². The minimum absolute atomic E-state index is 0.325. The number of aryl methyl sites for hydroxylation is 1. The topological polar surface area (TPSA) is 43.3 Å². The van der Waals surface area contributed by atoms with Gasteiger partial charge in [-0.3, -0.25) is 0 Å². The number of carbonyl (C=O) groups is 1. The number of hydrogen-bond acceptors (Lipinski definition) is 3. The maximum absolute atomic E-state index is 11.7. The Balaban J connectivity index is 2.14. The van der Waals surface area contributed by atoms with Gasteiger partial charge in [-0.2, -0.15) is 0 Å². The predicted octanol–water partition coefficient (Wildman–Crippen LogP) is 2.91. The van der Waals surface area contributed by atoms with Crippen molar-refractivity contribution < 1.29 is 9.53 Å². The van der Waals surface area contributed by atoms with E-state index in [0.717, 1.165) is 12.2 Å². The Labute approximate surface area is 113 Å². The number of nitrogens with one attached hydrogen (secondary N) is 1. The largest absolute Gasteiger partial charge is 0.465 e. The minimum atomic E-state index is -0.325. The summed E-state index contributed by atoms with van der Waals surface area (Å²) in [6.45, 7) is 3.71. The highest BCUT2D eigenvalue weighted by Gasteiger charge is 2.10. The standard InChI is InChI=1S/C15H18N2O2/c1-3-17-10-6-7-12(17)11-16-14-9-5-4-8-13(14)15(18)19-2/h4-10,16H,3,11H2,1-2H3. The highest BCUT2D eigenvalue weighted by molar-refractivity contribution is 5.95. The van der Waals surface area contributed by atoms with Crippen LogP contribution in [-0.4, -0.2) is 17.6 Å². The zero-order valence-corrected chi connectivity index (χ0v) is 11.2. The van der Waals surface area contributed by atoms with Crippen molar-refractivity contribution in [1.82, 2.24) is 4.57 Å². The SMILES string of the molecule is CCn1cccc1CNc1ccccc1C(=O)OC. The first kappa shape index (κ1) is 13.2. The van der Waals surface area contributed by atoms with Crippen molar-refractivity contribution in [3.8, 4) is 0 Å². The van der Waals surface area contributed by atoms with Crippen molar-refractivity contribution in [3.63, 3.8) is 0 Å². The van der Waals surface area contributed by atoms with Gasteiger partial charge in [-0.25, -0.2) is 4.79 Å². The number of aromatic nitrogens is 1. The summed E-state index contributed by atoms with van der Waals surface area (Å²) in [6.07, 6.45) is 2.04. The molecular weight excluding hydrogens is 240 g/mol. The molecule has 0 aliphatic rings. The summed E-state index contributed by atoms with van der Waals surface area (Å²) in [5.74, 6) is -0.325. The van der Waals surface area contributed by atoms with Gasteiger partial charge in [0.2, 0.25) is 0 Å². The first-order valence-corrected chi connectivity index (χ1v) is 6.31. The molecule has 0 aliphatic carbocycles. The predicted molar refractivity (Wildman–Crippen MR) is 75.2 cm³/mol. The second-order valence-electron chi connectivity index (χ2n) is 4.18. The van der Waals surface area contributed by atoms with E-state index in [1.165, 1.54) is 12.8 Å². The van der Waals surface area contributed by atoms with E-state index in [1.54, 1.807) is 6.07 Å². The highest BCUT2D eigenvalue weighted by Crippen LogP contribution is 2.17. The molecule has 100 valence electrons. The normalized spacial score (nSPS) is 10.2. The lowest BCUT2D eigenvalue weighted by atomic mass is 10.2. The van der Waals surface area contributed by atoms with Gasteiger partial charge in [0.15, 0.2) is 0 Å². The van der Waals surface area contributed by atoms with Gasteiger partial charge in [-0.05, 0) is 31.2 Å². The molecule has 2 rings (SSSR count). The van der Waals surface area contributed by atoms with E-state index in [2.05, 4.69) is 22.9 Å². The van der Waals surface area contributed by atoms with Gasteiger partial charge in [-0.15, -0.1) is 0 Å². The number of para-hydroxylation sites is 1. The first-order chi connectivity index (χ1) is 9.26. The lowest BCUT2D eigenvalue weighted by Crippen LogP contribution is -2.10. The molecule has 0 bridgehead atoms. The Bertz CT molecular complexity index is 561. The van der Waals surface area contributed by atoms with Crippen molar-refractivity contribution in [3.05, 3.63) is 53.9 Å². The molecule has 0 saturated carbocycles. The molecule has 0 fully saturated rings. The fourth-order valence-electron chi connectivity index (χ4n) is 2.03. The molecule has 0 unspecified atom stereocenters. The lowest BCUT2D eigenvalue weighted by Gasteiger charge is -2.12. The number of ether oxygens (including phenoxy) is 1. The third-order valence-corrected chi connectivity index (χ3v) is 3.06. The average molecular weight is 258 g/mol. The van der Waals surface area contributed by atoms with Crippen LogP contribution in [0.15, 0.2) is 42.6 Å². The third-order valence-electron chi connectivity index (χ3n) is 3.06. The molecule has 0 spiro atoms. The fraction of sp³-hybridized carbons (Fsp3) is 0.267. The molecule has 4 nitrogen and oxygen atoms in total. The molecule has 0 aliphatic heterocycles. The summed E-state index contributed by atoms with van der Waals surface area (Å²) in [5, 5.41) is 3.28. The van der Waals surface area contributed by atoms with E-state index in [0.29, 0.717) is 12.1 Å². The molecule has 4 heteroatoms. The summed E-state index contributed by atoms with van der Waals surface area (Å²) < 4.78 is 6.94. The Morgan fingerprint density at radius 1 is 1.26 bits per heavy atom. The maximum atomic E-state index is 11.7. The van der Waals surface area contributed by atoms with Gasteiger partial charge >= 0.3 is 5.97 Å². The Morgan fingerprint density at radius 3 is 2.79 bits per heavy atom. The van der Waals surface area contributed by atoms with Crippen LogP contribution in [0, 0.1) is 0 Å². The number of esters is 1. The summed E-state index contributed by atoms with van der Waals surface area (Å²) in [6, 6.07) is 11.4. The molecule has 1 aromatic heterocycles. The number of hydrogen-bond donors (Lipinski definition) is 1.